The van der Waals surface area contributed by atoms with Crippen LogP contribution < -0.4 is 0 Å². The molecule has 0 atom stereocenters. The smallest absolute Gasteiger partial charge is 0.222 e. The maximum absolute atomic E-state index is 12.5. The molecule has 7 heteroatoms. The van der Waals surface area contributed by atoms with Crippen molar-refractivity contribution in [1.29, 1.82) is 0 Å². The number of unbranched alkanes of at least 4 members (excludes halogenated alkanes) is 1. The molecule has 0 radical (unpaired) electrons. The van der Waals surface area contributed by atoms with Gasteiger partial charge >= 0.3 is 0 Å². The number of tetrazole rings is 1. The average molecular weight is 391 g/mol. The fraction of sp³-hybridized carbons (Fsp3) is 0.905. The number of rotatable bonds is 8. The lowest BCUT2D eigenvalue weighted by atomic mass is 9.90. The molecule has 0 unspecified atom stereocenters. The Morgan fingerprint density at radius 2 is 1.68 bits per heavy atom. The molecule has 0 aliphatic heterocycles. The van der Waals surface area contributed by atoms with E-state index in [4.69, 9.17) is 0 Å². The van der Waals surface area contributed by atoms with E-state index in [1.807, 2.05) is 11.9 Å². The molecule has 2 aliphatic rings. The van der Waals surface area contributed by atoms with Gasteiger partial charge in [-0.05, 0) is 75.9 Å². The fourth-order valence-electron chi connectivity index (χ4n) is 4.89. The first-order valence-electron chi connectivity index (χ1n) is 11.2. The van der Waals surface area contributed by atoms with Crippen LogP contribution in [0.3, 0.4) is 0 Å². The first-order chi connectivity index (χ1) is 13.6. The molecule has 0 spiro atoms. The molecule has 0 bridgehead atoms. The summed E-state index contributed by atoms with van der Waals surface area (Å²) in [5, 5.41) is 12.5. The van der Waals surface area contributed by atoms with Gasteiger partial charge in [-0.2, -0.15) is 0 Å². The Labute approximate surface area is 169 Å². The van der Waals surface area contributed by atoms with Crippen molar-refractivity contribution in [2.75, 3.05) is 21.1 Å². The van der Waals surface area contributed by atoms with E-state index in [9.17, 15) is 4.79 Å². The van der Waals surface area contributed by atoms with Crippen LogP contribution in [0.1, 0.15) is 88.9 Å². The van der Waals surface area contributed by atoms with E-state index in [1.165, 1.54) is 44.9 Å². The summed E-state index contributed by atoms with van der Waals surface area (Å²) in [5.41, 5.74) is 0. The Bertz CT molecular complexity index is 602. The van der Waals surface area contributed by atoms with E-state index in [0.29, 0.717) is 30.5 Å². The summed E-state index contributed by atoms with van der Waals surface area (Å²) < 4.78 is 2.06. The molecule has 0 N–H and O–H groups in total. The molecular weight excluding hydrogens is 352 g/mol. The van der Waals surface area contributed by atoms with Gasteiger partial charge < -0.3 is 9.80 Å². The van der Waals surface area contributed by atoms with E-state index < -0.39 is 0 Å². The molecule has 0 aromatic carbocycles. The van der Waals surface area contributed by atoms with Gasteiger partial charge in [0.25, 0.3) is 0 Å². The Morgan fingerprint density at radius 1 is 0.964 bits per heavy atom. The minimum atomic E-state index is 0.300. The van der Waals surface area contributed by atoms with Crippen molar-refractivity contribution in [2.24, 2.45) is 0 Å². The van der Waals surface area contributed by atoms with Gasteiger partial charge in [0.1, 0.15) is 0 Å². The second-order valence-electron chi connectivity index (χ2n) is 8.97. The van der Waals surface area contributed by atoms with E-state index in [1.54, 1.807) is 0 Å². The van der Waals surface area contributed by atoms with Crippen LogP contribution in [0.5, 0.6) is 0 Å². The van der Waals surface area contributed by atoms with Crippen LogP contribution >= 0.6 is 0 Å². The van der Waals surface area contributed by atoms with E-state index in [-0.39, 0.29) is 0 Å². The number of hydrogen-bond donors (Lipinski definition) is 0. The number of aromatic nitrogens is 4. The second kappa shape index (κ2) is 10.3. The van der Waals surface area contributed by atoms with Crippen molar-refractivity contribution in [3.63, 3.8) is 0 Å². The standard InChI is InChI=1S/C21H38N6O/c1-25(2)17-13-15-19(16-14-17)27-20(22-23-24-27)11-7-8-12-21(28)26(3)18-9-5-4-6-10-18/h17-19H,4-16H2,1-3H3. The molecule has 2 saturated carbocycles. The normalized spacial score (nSPS) is 23.9. The Balaban J connectivity index is 1.40. The predicted molar refractivity (Wildman–Crippen MR) is 110 cm³/mol. The van der Waals surface area contributed by atoms with Crippen LogP contribution in [-0.2, 0) is 11.2 Å². The highest BCUT2D eigenvalue weighted by Crippen LogP contribution is 2.30. The van der Waals surface area contributed by atoms with Gasteiger partial charge in [-0.3, -0.25) is 4.79 Å². The molecule has 1 amide bonds. The topological polar surface area (TPSA) is 67.2 Å². The van der Waals surface area contributed by atoms with E-state index >= 15 is 0 Å². The van der Waals surface area contributed by atoms with Gasteiger partial charge in [0.15, 0.2) is 5.82 Å². The number of carbonyl (C=O) groups excluding carboxylic acids is 1. The number of amides is 1. The van der Waals surface area contributed by atoms with Crippen molar-refractivity contribution < 1.29 is 4.79 Å². The summed E-state index contributed by atoms with van der Waals surface area (Å²) in [4.78, 5) is 16.8. The lowest BCUT2D eigenvalue weighted by Crippen LogP contribution is -2.38. The quantitative estimate of drug-likeness (QED) is 0.638. The molecule has 2 fully saturated rings. The van der Waals surface area contributed by atoms with Gasteiger partial charge in [0.05, 0.1) is 6.04 Å². The first kappa shape index (κ1) is 21.2. The molecular formula is C21H38N6O. The van der Waals surface area contributed by atoms with Crippen LogP contribution in [-0.4, -0.2) is 69.1 Å². The van der Waals surface area contributed by atoms with Gasteiger partial charge in [-0.15, -0.1) is 5.10 Å². The summed E-state index contributed by atoms with van der Waals surface area (Å²) in [6.07, 6.45) is 14.3. The molecule has 28 heavy (non-hydrogen) atoms. The third-order valence-electron chi connectivity index (χ3n) is 6.86. The first-order valence-corrected chi connectivity index (χ1v) is 11.2. The number of carbonyl (C=O) groups is 1. The third kappa shape index (κ3) is 5.52. The SMILES string of the molecule is CN(C)C1CCC(n2nnnc2CCCCC(=O)N(C)C2CCCCC2)CC1. The monoisotopic (exact) mass is 390 g/mol. The Hall–Kier alpha value is -1.50. The van der Waals surface area contributed by atoms with Crippen molar-refractivity contribution in [1.82, 2.24) is 30.0 Å². The summed E-state index contributed by atoms with van der Waals surface area (Å²) in [7, 11) is 6.32. The summed E-state index contributed by atoms with van der Waals surface area (Å²) in [6.45, 7) is 0. The van der Waals surface area contributed by atoms with Gasteiger partial charge in [0, 0.05) is 32.0 Å². The van der Waals surface area contributed by atoms with Crippen molar-refractivity contribution in [2.45, 2.75) is 102 Å². The lowest BCUT2D eigenvalue weighted by molar-refractivity contribution is -0.132. The molecule has 158 valence electrons. The largest absolute Gasteiger partial charge is 0.343 e. The van der Waals surface area contributed by atoms with Gasteiger partial charge in [-0.25, -0.2) is 4.68 Å². The Morgan fingerprint density at radius 3 is 2.36 bits per heavy atom. The minimum Gasteiger partial charge on any atom is -0.343 e. The van der Waals surface area contributed by atoms with E-state index in [2.05, 4.69) is 39.2 Å². The zero-order valence-corrected chi connectivity index (χ0v) is 18.0. The number of hydrogen-bond acceptors (Lipinski definition) is 5. The zero-order valence-electron chi connectivity index (χ0n) is 18.0. The third-order valence-corrected chi connectivity index (χ3v) is 6.86. The molecule has 7 nitrogen and oxygen atoms in total. The minimum absolute atomic E-state index is 0.300. The Kier molecular flexibility index (Phi) is 7.82. The van der Waals surface area contributed by atoms with E-state index in [0.717, 1.165) is 37.9 Å². The molecule has 2 aliphatic carbocycles. The van der Waals surface area contributed by atoms with Crippen LogP contribution in [0, 0.1) is 0 Å². The lowest BCUT2D eigenvalue weighted by Gasteiger charge is -2.32. The summed E-state index contributed by atoms with van der Waals surface area (Å²) >= 11 is 0. The molecule has 1 heterocycles. The highest BCUT2D eigenvalue weighted by atomic mass is 16.2. The maximum Gasteiger partial charge on any atom is 0.222 e. The summed E-state index contributed by atoms with van der Waals surface area (Å²) in [5.74, 6) is 1.29. The van der Waals surface area contributed by atoms with Gasteiger partial charge in [0.2, 0.25) is 5.91 Å². The highest BCUT2D eigenvalue weighted by molar-refractivity contribution is 5.76. The molecule has 0 saturated heterocycles. The molecule has 3 rings (SSSR count). The van der Waals surface area contributed by atoms with Crippen molar-refractivity contribution in [3.8, 4) is 0 Å². The zero-order chi connectivity index (χ0) is 19.9. The fourth-order valence-corrected chi connectivity index (χ4v) is 4.89. The summed E-state index contributed by atoms with van der Waals surface area (Å²) in [6, 6.07) is 1.58. The highest BCUT2D eigenvalue weighted by Gasteiger charge is 2.26. The maximum atomic E-state index is 12.5. The molecule has 1 aromatic rings. The molecule has 1 aromatic heterocycles. The van der Waals surface area contributed by atoms with Crippen LogP contribution in [0.15, 0.2) is 0 Å². The van der Waals surface area contributed by atoms with Crippen LogP contribution in [0.4, 0.5) is 0 Å². The van der Waals surface area contributed by atoms with Crippen LogP contribution in [0.25, 0.3) is 0 Å². The predicted octanol–water partition coefficient (Wildman–Crippen LogP) is 3.22. The van der Waals surface area contributed by atoms with Gasteiger partial charge in [-0.1, -0.05) is 19.3 Å². The number of nitrogens with zero attached hydrogens (tertiary/aromatic N) is 6. The second-order valence-corrected chi connectivity index (χ2v) is 8.97. The average Bonchev–Trinajstić information content (AvgIpc) is 3.19. The van der Waals surface area contributed by atoms with Crippen molar-refractivity contribution in [3.05, 3.63) is 5.82 Å². The van der Waals surface area contributed by atoms with Crippen molar-refractivity contribution >= 4 is 5.91 Å². The van der Waals surface area contributed by atoms with Crippen LogP contribution in [0.2, 0.25) is 0 Å². The number of aryl methyl sites for hydroxylation is 1.